The van der Waals surface area contributed by atoms with E-state index in [1.54, 1.807) is 23.0 Å². The number of hydrogen-bond donors (Lipinski definition) is 0. The number of para-hydroxylation sites is 1. The topological polar surface area (TPSA) is 43.1 Å². The average molecular weight is 343 g/mol. The minimum atomic E-state index is -0.279. The van der Waals surface area contributed by atoms with Crippen LogP contribution in [0.5, 0.6) is 0 Å². The van der Waals surface area contributed by atoms with Gasteiger partial charge in [-0.2, -0.15) is 0 Å². The van der Waals surface area contributed by atoms with E-state index < -0.39 is 0 Å². The monoisotopic (exact) mass is 342 g/mol. The van der Waals surface area contributed by atoms with Crippen LogP contribution in [0.1, 0.15) is 0 Å². The molecule has 0 fully saturated rings. The van der Waals surface area contributed by atoms with Crippen LogP contribution in [0.4, 0.5) is 4.39 Å². The van der Waals surface area contributed by atoms with Gasteiger partial charge in [0.15, 0.2) is 11.5 Å². The van der Waals surface area contributed by atoms with Crippen LogP contribution in [-0.2, 0) is 0 Å². The Bertz CT molecular complexity index is 963. The largest absolute Gasteiger partial charge is 0.235 e. The molecule has 4 rings (SSSR count). The normalized spacial score (nSPS) is 11.3. The fourth-order valence-corrected chi connectivity index (χ4v) is 2.72. The van der Waals surface area contributed by atoms with Gasteiger partial charge in [-0.1, -0.05) is 6.07 Å². The van der Waals surface area contributed by atoms with Gasteiger partial charge in [0.1, 0.15) is 12.1 Å². The van der Waals surface area contributed by atoms with Crippen LogP contribution in [0.2, 0.25) is 0 Å². The van der Waals surface area contributed by atoms with Gasteiger partial charge in [-0.3, -0.25) is 0 Å². The predicted molar refractivity (Wildman–Crippen MR) is 81.4 cm³/mol. The maximum Gasteiger partial charge on any atom is 0.182 e. The van der Waals surface area contributed by atoms with Gasteiger partial charge >= 0.3 is 0 Å². The molecule has 2 aromatic carbocycles. The summed E-state index contributed by atoms with van der Waals surface area (Å²) in [5.74, 6) is 0.267. The Morgan fingerprint density at radius 2 is 1.86 bits per heavy atom. The molecule has 2 aromatic heterocycles. The first kappa shape index (κ1) is 12.4. The van der Waals surface area contributed by atoms with Gasteiger partial charge in [0.05, 0.1) is 5.52 Å². The Hall–Kier alpha value is -2.34. The molecule has 4 nitrogen and oxygen atoms in total. The van der Waals surface area contributed by atoms with Crippen LogP contribution >= 0.6 is 15.9 Å². The predicted octanol–water partition coefficient (Wildman–Crippen LogP) is 3.85. The number of rotatable bonds is 1. The van der Waals surface area contributed by atoms with E-state index in [1.807, 2.05) is 18.2 Å². The van der Waals surface area contributed by atoms with E-state index >= 15 is 0 Å². The zero-order chi connectivity index (χ0) is 14.4. The minimum Gasteiger partial charge on any atom is -0.235 e. The first-order valence-corrected chi connectivity index (χ1v) is 7.07. The molecule has 21 heavy (non-hydrogen) atoms. The van der Waals surface area contributed by atoms with Crippen molar-refractivity contribution in [2.24, 2.45) is 0 Å². The summed E-state index contributed by atoms with van der Waals surface area (Å²) in [5.41, 5.74) is 2.33. The summed E-state index contributed by atoms with van der Waals surface area (Å²) < 4.78 is 15.5. The highest BCUT2D eigenvalue weighted by Gasteiger charge is 2.11. The molecule has 2 heterocycles. The molecule has 0 atom stereocenters. The summed E-state index contributed by atoms with van der Waals surface area (Å²) in [6, 6.07) is 11.9. The number of hydrogen-bond acceptors (Lipinski definition) is 3. The van der Waals surface area contributed by atoms with Crippen LogP contribution in [-0.4, -0.2) is 19.6 Å². The smallest absolute Gasteiger partial charge is 0.182 e. The Labute approximate surface area is 127 Å². The summed E-state index contributed by atoms with van der Waals surface area (Å²) in [6.45, 7) is 0. The van der Waals surface area contributed by atoms with Crippen molar-refractivity contribution in [1.82, 2.24) is 19.6 Å². The highest BCUT2D eigenvalue weighted by molar-refractivity contribution is 9.10. The fourth-order valence-electron chi connectivity index (χ4n) is 2.25. The first-order chi connectivity index (χ1) is 10.2. The summed E-state index contributed by atoms with van der Waals surface area (Å²) in [7, 11) is 0. The SMILES string of the molecule is Fc1ccc(-c2nc3c4cccc(Br)c4ncn3n2)cc1. The standard InChI is InChI=1S/C15H8BrFN4/c16-12-3-1-2-11-13(12)18-8-21-15(11)19-14(20-21)9-4-6-10(17)7-5-9/h1-8H. The van der Waals surface area contributed by atoms with Crippen LogP contribution in [0.3, 0.4) is 0 Å². The van der Waals surface area contributed by atoms with Crippen molar-refractivity contribution >= 4 is 32.5 Å². The maximum absolute atomic E-state index is 13.0. The van der Waals surface area contributed by atoms with Gasteiger partial charge in [-0.25, -0.2) is 18.9 Å². The second-order valence-corrected chi connectivity index (χ2v) is 5.45. The molecule has 0 bridgehead atoms. The number of fused-ring (bicyclic) bond motifs is 3. The lowest BCUT2D eigenvalue weighted by molar-refractivity contribution is 0.628. The van der Waals surface area contributed by atoms with E-state index in [4.69, 9.17) is 0 Å². The van der Waals surface area contributed by atoms with Crippen molar-refractivity contribution in [2.45, 2.75) is 0 Å². The van der Waals surface area contributed by atoms with Crippen molar-refractivity contribution in [3.05, 3.63) is 59.1 Å². The number of nitrogens with zero attached hydrogens (tertiary/aromatic N) is 4. The molecular weight excluding hydrogens is 335 g/mol. The second-order valence-electron chi connectivity index (χ2n) is 4.59. The molecule has 0 amide bonds. The molecule has 0 aliphatic heterocycles. The lowest BCUT2D eigenvalue weighted by atomic mass is 10.2. The minimum absolute atomic E-state index is 0.279. The molecule has 6 heteroatoms. The van der Waals surface area contributed by atoms with Crippen molar-refractivity contribution in [3.63, 3.8) is 0 Å². The van der Waals surface area contributed by atoms with Crippen LogP contribution in [0, 0.1) is 5.82 Å². The van der Waals surface area contributed by atoms with Crippen molar-refractivity contribution in [3.8, 4) is 11.4 Å². The van der Waals surface area contributed by atoms with Crippen LogP contribution < -0.4 is 0 Å². The summed E-state index contributed by atoms with van der Waals surface area (Å²) in [6.07, 6.45) is 1.63. The fraction of sp³-hybridized carbons (Fsp3) is 0. The Balaban J connectivity index is 1.99. The summed E-state index contributed by atoms with van der Waals surface area (Å²) in [4.78, 5) is 8.93. The molecule has 0 saturated heterocycles. The molecule has 102 valence electrons. The molecule has 0 N–H and O–H groups in total. The van der Waals surface area contributed by atoms with Gasteiger partial charge in [0, 0.05) is 15.4 Å². The quantitative estimate of drug-likeness (QED) is 0.527. The molecule has 0 aliphatic rings. The Kier molecular flexibility index (Phi) is 2.71. The molecular formula is C15H8BrFN4. The lowest BCUT2D eigenvalue weighted by Gasteiger charge is -1.99. The maximum atomic E-state index is 13.0. The van der Waals surface area contributed by atoms with E-state index in [1.165, 1.54) is 12.1 Å². The third-order valence-electron chi connectivity index (χ3n) is 3.26. The summed E-state index contributed by atoms with van der Waals surface area (Å²) >= 11 is 3.48. The first-order valence-electron chi connectivity index (χ1n) is 6.28. The van der Waals surface area contributed by atoms with Gasteiger partial charge in [-0.05, 0) is 52.3 Å². The zero-order valence-electron chi connectivity index (χ0n) is 10.7. The Morgan fingerprint density at radius 1 is 1.05 bits per heavy atom. The van der Waals surface area contributed by atoms with E-state index in [2.05, 4.69) is 31.0 Å². The van der Waals surface area contributed by atoms with Crippen LogP contribution in [0.15, 0.2) is 53.3 Å². The summed E-state index contributed by atoms with van der Waals surface area (Å²) in [5, 5.41) is 5.31. The third kappa shape index (κ3) is 1.99. The molecule has 0 aliphatic carbocycles. The van der Waals surface area contributed by atoms with Gasteiger partial charge < -0.3 is 0 Å². The van der Waals surface area contributed by atoms with Gasteiger partial charge in [0.2, 0.25) is 0 Å². The number of aromatic nitrogens is 4. The van der Waals surface area contributed by atoms with Gasteiger partial charge in [0.25, 0.3) is 0 Å². The van der Waals surface area contributed by atoms with Crippen molar-refractivity contribution in [2.75, 3.05) is 0 Å². The van der Waals surface area contributed by atoms with Crippen molar-refractivity contribution < 1.29 is 4.39 Å². The molecule has 0 unspecified atom stereocenters. The molecule has 0 saturated carbocycles. The Morgan fingerprint density at radius 3 is 2.67 bits per heavy atom. The van der Waals surface area contributed by atoms with E-state index in [0.29, 0.717) is 5.82 Å². The van der Waals surface area contributed by atoms with Gasteiger partial charge in [-0.15, -0.1) is 5.10 Å². The van der Waals surface area contributed by atoms with E-state index in [-0.39, 0.29) is 5.82 Å². The zero-order valence-corrected chi connectivity index (χ0v) is 12.2. The number of benzene rings is 2. The average Bonchev–Trinajstić information content (AvgIpc) is 2.93. The second kappa shape index (κ2) is 4.60. The third-order valence-corrected chi connectivity index (χ3v) is 3.90. The van der Waals surface area contributed by atoms with E-state index in [0.717, 1.165) is 26.6 Å². The number of halogens is 2. The molecule has 4 aromatic rings. The highest BCUT2D eigenvalue weighted by Crippen LogP contribution is 2.25. The van der Waals surface area contributed by atoms with E-state index in [9.17, 15) is 4.39 Å². The molecule has 0 spiro atoms. The lowest BCUT2D eigenvalue weighted by Crippen LogP contribution is -1.91. The molecule has 0 radical (unpaired) electrons. The van der Waals surface area contributed by atoms with Crippen molar-refractivity contribution in [1.29, 1.82) is 0 Å². The van der Waals surface area contributed by atoms with Crippen LogP contribution in [0.25, 0.3) is 27.9 Å². The highest BCUT2D eigenvalue weighted by atomic mass is 79.9.